The molecule has 1 aromatic rings. The van der Waals surface area contributed by atoms with Crippen LogP contribution in [0.5, 0.6) is 0 Å². The van der Waals surface area contributed by atoms with Gasteiger partial charge in [-0.2, -0.15) is 15.8 Å². The van der Waals surface area contributed by atoms with Crippen molar-refractivity contribution < 1.29 is 4.39 Å². The largest absolute Gasteiger partial charge is 0.396 e. The summed E-state index contributed by atoms with van der Waals surface area (Å²) in [6.45, 7) is 0. The molecular weight excluding hydrogens is 231 g/mol. The van der Waals surface area contributed by atoms with Crippen LogP contribution in [0.3, 0.4) is 0 Å². The van der Waals surface area contributed by atoms with Gasteiger partial charge in [0.1, 0.15) is 24.0 Å². The van der Waals surface area contributed by atoms with Crippen molar-refractivity contribution in [3.05, 3.63) is 52.5 Å². The molecule has 0 saturated heterocycles. The monoisotopic (exact) mass is 238 g/mol. The molecule has 0 unspecified atom stereocenters. The average molecular weight is 238 g/mol. The van der Waals surface area contributed by atoms with E-state index in [9.17, 15) is 4.39 Å². The number of hydrogen-bond acceptors (Lipinski definition) is 4. The molecule has 0 aliphatic rings. The van der Waals surface area contributed by atoms with Crippen LogP contribution in [0.15, 0.2) is 41.1 Å². The van der Waals surface area contributed by atoms with Crippen LogP contribution in [-0.2, 0) is 0 Å². The molecule has 0 atom stereocenters. The molecule has 2 N–H and O–H groups in total. The van der Waals surface area contributed by atoms with E-state index >= 15 is 0 Å². The van der Waals surface area contributed by atoms with Gasteiger partial charge in [-0.05, 0) is 23.8 Å². The molecule has 1 aromatic carbocycles. The minimum atomic E-state index is -0.399. The zero-order valence-electron chi connectivity index (χ0n) is 9.18. The standard InChI is InChI=1S/C13H7FN4/c14-12-3-1-9(2-4-12)5-10(6-15)13(18)11(7-16)8-17/h1-5H,18H2. The zero-order chi connectivity index (χ0) is 13.5. The van der Waals surface area contributed by atoms with Crippen LogP contribution < -0.4 is 5.73 Å². The third-order valence-corrected chi connectivity index (χ3v) is 2.08. The molecule has 0 aliphatic heterocycles. The third kappa shape index (κ3) is 2.95. The van der Waals surface area contributed by atoms with Gasteiger partial charge in [0.05, 0.1) is 11.3 Å². The van der Waals surface area contributed by atoms with E-state index in [-0.39, 0.29) is 16.8 Å². The van der Waals surface area contributed by atoms with Crippen LogP contribution in [0.2, 0.25) is 0 Å². The van der Waals surface area contributed by atoms with Crippen molar-refractivity contribution in [2.75, 3.05) is 0 Å². The Morgan fingerprint density at radius 3 is 2.06 bits per heavy atom. The van der Waals surface area contributed by atoms with Gasteiger partial charge in [-0.15, -0.1) is 0 Å². The maximum atomic E-state index is 12.7. The molecule has 0 bridgehead atoms. The molecule has 0 saturated carbocycles. The van der Waals surface area contributed by atoms with Gasteiger partial charge >= 0.3 is 0 Å². The number of benzene rings is 1. The van der Waals surface area contributed by atoms with Crippen LogP contribution in [0.4, 0.5) is 4.39 Å². The van der Waals surface area contributed by atoms with Crippen molar-refractivity contribution >= 4 is 6.08 Å². The SMILES string of the molecule is N#CC(=Cc1ccc(F)cc1)C(N)=C(C#N)C#N. The molecule has 86 valence electrons. The number of allylic oxidation sites excluding steroid dienone is 2. The summed E-state index contributed by atoms with van der Waals surface area (Å²) in [4.78, 5) is 0. The average Bonchev–Trinajstić information content (AvgIpc) is 2.39. The Morgan fingerprint density at radius 2 is 1.61 bits per heavy atom. The number of rotatable bonds is 2. The van der Waals surface area contributed by atoms with Crippen LogP contribution in [-0.4, -0.2) is 0 Å². The smallest absolute Gasteiger partial charge is 0.153 e. The summed E-state index contributed by atoms with van der Waals surface area (Å²) in [6.07, 6.45) is 1.38. The van der Waals surface area contributed by atoms with Crippen molar-refractivity contribution in [1.82, 2.24) is 0 Å². The van der Waals surface area contributed by atoms with Crippen molar-refractivity contribution in [3.63, 3.8) is 0 Å². The van der Waals surface area contributed by atoms with Gasteiger partial charge in [-0.25, -0.2) is 4.39 Å². The molecule has 0 spiro atoms. The van der Waals surface area contributed by atoms with Crippen LogP contribution >= 0.6 is 0 Å². The van der Waals surface area contributed by atoms with E-state index < -0.39 is 5.82 Å². The topological polar surface area (TPSA) is 97.4 Å². The minimum absolute atomic E-state index is 0.0142. The van der Waals surface area contributed by atoms with Gasteiger partial charge in [-0.1, -0.05) is 12.1 Å². The van der Waals surface area contributed by atoms with Gasteiger partial charge < -0.3 is 5.73 Å². The predicted octanol–water partition coefficient (Wildman–Crippen LogP) is 1.99. The first-order chi connectivity index (χ1) is 8.62. The van der Waals surface area contributed by atoms with Crippen molar-refractivity contribution in [2.45, 2.75) is 0 Å². The maximum absolute atomic E-state index is 12.7. The first kappa shape index (κ1) is 13.0. The molecule has 5 heteroatoms. The summed E-state index contributed by atoms with van der Waals surface area (Å²) in [5.41, 5.74) is 5.56. The summed E-state index contributed by atoms with van der Waals surface area (Å²) >= 11 is 0. The highest BCUT2D eigenvalue weighted by molar-refractivity contribution is 5.66. The molecule has 18 heavy (non-hydrogen) atoms. The molecular formula is C13H7FN4. The second kappa shape index (κ2) is 5.84. The lowest BCUT2D eigenvalue weighted by molar-refractivity contribution is 0.628. The molecule has 0 heterocycles. The van der Waals surface area contributed by atoms with E-state index in [1.54, 1.807) is 18.2 Å². The summed E-state index contributed by atoms with van der Waals surface area (Å²) in [5.74, 6) is -0.399. The second-order valence-corrected chi connectivity index (χ2v) is 3.23. The van der Waals surface area contributed by atoms with Gasteiger partial charge in [0.25, 0.3) is 0 Å². The molecule has 1 rings (SSSR count). The van der Waals surface area contributed by atoms with Crippen molar-refractivity contribution in [3.8, 4) is 18.2 Å². The summed E-state index contributed by atoms with van der Waals surface area (Å²) in [6, 6.07) is 10.4. The number of halogens is 1. The van der Waals surface area contributed by atoms with Crippen LogP contribution in [0, 0.1) is 39.8 Å². The van der Waals surface area contributed by atoms with E-state index in [2.05, 4.69) is 0 Å². The fourth-order valence-corrected chi connectivity index (χ4v) is 1.18. The highest BCUT2D eigenvalue weighted by Gasteiger charge is 2.07. The van der Waals surface area contributed by atoms with E-state index in [4.69, 9.17) is 21.5 Å². The number of nitrogens with zero attached hydrogens (tertiary/aromatic N) is 3. The lowest BCUT2D eigenvalue weighted by atomic mass is 10.1. The van der Waals surface area contributed by atoms with Crippen LogP contribution in [0.1, 0.15) is 5.56 Å². The lowest BCUT2D eigenvalue weighted by Crippen LogP contribution is -2.03. The normalized spacial score (nSPS) is 9.78. The van der Waals surface area contributed by atoms with Gasteiger partial charge in [-0.3, -0.25) is 0 Å². The first-order valence-electron chi connectivity index (χ1n) is 4.80. The fourth-order valence-electron chi connectivity index (χ4n) is 1.18. The number of hydrogen-bond donors (Lipinski definition) is 1. The summed E-state index contributed by atoms with van der Waals surface area (Å²) < 4.78 is 12.7. The number of nitrogens with two attached hydrogens (primary N) is 1. The Bertz CT molecular complexity index is 618. The Hall–Kier alpha value is -3.10. The van der Waals surface area contributed by atoms with Crippen molar-refractivity contribution in [1.29, 1.82) is 15.8 Å². The number of nitriles is 3. The zero-order valence-corrected chi connectivity index (χ0v) is 9.18. The highest BCUT2D eigenvalue weighted by Crippen LogP contribution is 2.14. The van der Waals surface area contributed by atoms with E-state index in [0.29, 0.717) is 5.56 Å². The van der Waals surface area contributed by atoms with Gasteiger partial charge in [0.15, 0.2) is 5.57 Å². The first-order valence-corrected chi connectivity index (χ1v) is 4.80. The molecule has 0 fully saturated rings. The molecule has 4 nitrogen and oxygen atoms in total. The molecule has 0 amide bonds. The Kier molecular flexibility index (Phi) is 4.21. The second-order valence-electron chi connectivity index (χ2n) is 3.23. The van der Waals surface area contributed by atoms with E-state index in [1.165, 1.54) is 30.3 Å². The predicted molar refractivity (Wildman–Crippen MR) is 62.4 cm³/mol. The third-order valence-electron chi connectivity index (χ3n) is 2.08. The fraction of sp³-hybridized carbons (Fsp3) is 0. The summed E-state index contributed by atoms with van der Waals surface area (Å²) in [5, 5.41) is 26.2. The van der Waals surface area contributed by atoms with Gasteiger partial charge in [0, 0.05) is 0 Å². The van der Waals surface area contributed by atoms with Crippen molar-refractivity contribution in [2.24, 2.45) is 5.73 Å². The Labute approximate surface area is 103 Å². The van der Waals surface area contributed by atoms with E-state index in [0.717, 1.165) is 0 Å². The molecule has 0 radical (unpaired) electrons. The minimum Gasteiger partial charge on any atom is -0.396 e. The summed E-state index contributed by atoms with van der Waals surface area (Å²) in [7, 11) is 0. The van der Waals surface area contributed by atoms with Gasteiger partial charge in [0.2, 0.25) is 0 Å². The lowest BCUT2D eigenvalue weighted by Gasteiger charge is -1.99. The molecule has 0 aromatic heterocycles. The Morgan fingerprint density at radius 1 is 1.06 bits per heavy atom. The van der Waals surface area contributed by atoms with Crippen LogP contribution in [0.25, 0.3) is 6.08 Å². The Balaban J connectivity index is 3.26. The highest BCUT2D eigenvalue weighted by atomic mass is 19.1. The van der Waals surface area contributed by atoms with E-state index in [1.807, 2.05) is 0 Å². The molecule has 0 aliphatic carbocycles. The maximum Gasteiger partial charge on any atom is 0.153 e. The quantitative estimate of drug-likeness (QED) is 0.629.